The molecule has 3 N–H and O–H groups in total. The summed E-state index contributed by atoms with van der Waals surface area (Å²) >= 11 is 0. The van der Waals surface area contributed by atoms with Gasteiger partial charge >= 0.3 is 0 Å². The van der Waals surface area contributed by atoms with Crippen LogP contribution in [0.3, 0.4) is 0 Å². The molecule has 0 spiro atoms. The second kappa shape index (κ2) is 6.07. The number of amides is 1. The van der Waals surface area contributed by atoms with Crippen molar-refractivity contribution in [1.82, 2.24) is 0 Å². The number of fused-ring (bicyclic) bond motifs is 1. The molecule has 0 bridgehead atoms. The average molecular weight is 375 g/mol. The number of hydrogen-bond acceptors (Lipinski definition) is 3. The van der Waals surface area contributed by atoms with Crippen molar-refractivity contribution in [2.45, 2.75) is 18.8 Å². The Morgan fingerprint density at radius 1 is 1.23 bits per heavy atom. The molecule has 0 saturated heterocycles. The van der Waals surface area contributed by atoms with Gasteiger partial charge in [-0.1, -0.05) is 24.3 Å². The van der Waals surface area contributed by atoms with Crippen LogP contribution < -0.4 is 14.8 Å². The van der Waals surface area contributed by atoms with Crippen molar-refractivity contribution < 1.29 is 17.6 Å². The topological polar surface area (TPSA) is 92.5 Å². The summed E-state index contributed by atoms with van der Waals surface area (Å²) < 4.78 is 38.3. The number of benzene rings is 2. The number of nitrogens with two attached hydrogens (primary N) is 1. The predicted molar refractivity (Wildman–Crippen MR) is 96.5 cm³/mol. The predicted octanol–water partition coefficient (Wildman–Crippen LogP) is 2.13. The SMILES string of the molecule is NS(=O)(=O)N1CCc2ccc(NC(=O)C3CC3c3ccccc3F)cc21. The highest BCUT2D eigenvalue weighted by molar-refractivity contribution is 7.90. The Morgan fingerprint density at radius 3 is 2.73 bits per heavy atom. The van der Waals surface area contributed by atoms with Crippen molar-refractivity contribution in [3.05, 3.63) is 59.4 Å². The van der Waals surface area contributed by atoms with Gasteiger partial charge in [-0.15, -0.1) is 0 Å². The molecule has 1 aliphatic heterocycles. The molecule has 2 unspecified atom stereocenters. The zero-order valence-corrected chi connectivity index (χ0v) is 14.7. The van der Waals surface area contributed by atoms with E-state index in [-0.39, 0.29) is 23.6 Å². The molecule has 1 fully saturated rings. The van der Waals surface area contributed by atoms with Crippen LogP contribution in [-0.2, 0) is 21.4 Å². The Labute approximate surface area is 151 Å². The zero-order valence-electron chi connectivity index (χ0n) is 13.9. The molecular weight excluding hydrogens is 357 g/mol. The number of rotatable bonds is 4. The summed E-state index contributed by atoms with van der Waals surface area (Å²) in [5.74, 6) is -0.895. The fourth-order valence-electron chi connectivity index (χ4n) is 3.53. The lowest BCUT2D eigenvalue weighted by Crippen LogP contribution is -2.35. The smallest absolute Gasteiger partial charge is 0.299 e. The number of carbonyl (C=O) groups excluding carboxylic acids is 1. The maximum Gasteiger partial charge on any atom is 0.299 e. The summed E-state index contributed by atoms with van der Waals surface area (Å²) in [5.41, 5.74) is 2.42. The van der Waals surface area contributed by atoms with Gasteiger partial charge in [0.2, 0.25) is 5.91 Å². The van der Waals surface area contributed by atoms with Gasteiger partial charge in [-0.2, -0.15) is 8.42 Å². The molecule has 2 aliphatic rings. The second-order valence-electron chi connectivity index (χ2n) is 6.67. The van der Waals surface area contributed by atoms with Gasteiger partial charge in [-0.3, -0.25) is 9.10 Å². The van der Waals surface area contributed by atoms with Crippen LogP contribution in [0.5, 0.6) is 0 Å². The van der Waals surface area contributed by atoms with E-state index in [1.165, 1.54) is 6.07 Å². The normalized spacial score (nSPS) is 21.4. The van der Waals surface area contributed by atoms with E-state index >= 15 is 0 Å². The van der Waals surface area contributed by atoms with Gasteiger partial charge in [-0.25, -0.2) is 9.53 Å². The molecular formula is C18H18FN3O3S. The molecule has 2 aromatic rings. The summed E-state index contributed by atoms with van der Waals surface area (Å²) in [6.45, 7) is 0.295. The van der Waals surface area contributed by atoms with Crippen LogP contribution in [0.15, 0.2) is 42.5 Å². The largest absolute Gasteiger partial charge is 0.326 e. The first-order valence-corrected chi connectivity index (χ1v) is 9.83. The third kappa shape index (κ3) is 3.06. The third-order valence-corrected chi connectivity index (χ3v) is 5.94. The molecule has 1 heterocycles. The van der Waals surface area contributed by atoms with Crippen LogP contribution in [0.4, 0.5) is 15.8 Å². The van der Waals surface area contributed by atoms with Crippen LogP contribution in [0.1, 0.15) is 23.5 Å². The van der Waals surface area contributed by atoms with Crippen molar-refractivity contribution >= 4 is 27.5 Å². The van der Waals surface area contributed by atoms with E-state index in [4.69, 9.17) is 5.14 Å². The second-order valence-corrected chi connectivity index (χ2v) is 8.14. The van der Waals surface area contributed by atoms with Crippen LogP contribution in [0, 0.1) is 11.7 Å². The molecule has 1 amide bonds. The maximum atomic E-state index is 13.8. The fourth-order valence-corrected chi connectivity index (χ4v) is 4.32. The maximum absolute atomic E-state index is 13.8. The highest BCUT2D eigenvalue weighted by atomic mass is 32.2. The summed E-state index contributed by atoms with van der Waals surface area (Å²) in [6.07, 6.45) is 1.18. The Balaban J connectivity index is 1.49. The van der Waals surface area contributed by atoms with E-state index in [1.54, 1.807) is 36.4 Å². The molecule has 4 rings (SSSR count). The minimum absolute atomic E-state index is 0.119. The summed E-state index contributed by atoms with van der Waals surface area (Å²) in [7, 11) is -3.84. The van der Waals surface area contributed by atoms with Crippen LogP contribution in [0.25, 0.3) is 0 Å². The molecule has 136 valence electrons. The van der Waals surface area contributed by atoms with Gasteiger partial charge in [0.25, 0.3) is 10.2 Å². The van der Waals surface area contributed by atoms with Gasteiger partial charge in [-0.05, 0) is 48.1 Å². The molecule has 2 atom stereocenters. The summed E-state index contributed by atoms with van der Waals surface area (Å²) in [5, 5.41) is 8.04. The van der Waals surface area contributed by atoms with Crippen molar-refractivity contribution in [2.24, 2.45) is 11.1 Å². The van der Waals surface area contributed by atoms with E-state index in [0.29, 0.717) is 36.3 Å². The van der Waals surface area contributed by atoms with Crippen LogP contribution >= 0.6 is 0 Å². The average Bonchev–Trinajstić information content (AvgIpc) is 3.25. The highest BCUT2D eigenvalue weighted by Crippen LogP contribution is 2.48. The van der Waals surface area contributed by atoms with E-state index in [0.717, 1.165) is 9.87 Å². The molecule has 1 saturated carbocycles. The Bertz CT molecular complexity index is 993. The van der Waals surface area contributed by atoms with Gasteiger partial charge < -0.3 is 5.32 Å². The lowest BCUT2D eigenvalue weighted by molar-refractivity contribution is -0.117. The van der Waals surface area contributed by atoms with Crippen molar-refractivity contribution in [3.63, 3.8) is 0 Å². The monoisotopic (exact) mass is 375 g/mol. The number of halogens is 1. The highest BCUT2D eigenvalue weighted by Gasteiger charge is 2.45. The Hall–Kier alpha value is -2.45. The fraction of sp³-hybridized carbons (Fsp3) is 0.278. The van der Waals surface area contributed by atoms with Crippen molar-refractivity contribution in [2.75, 3.05) is 16.2 Å². The number of nitrogens with one attached hydrogen (secondary N) is 1. The minimum atomic E-state index is -3.84. The van der Waals surface area contributed by atoms with Gasteiger partial charge in [0.15, 0.2) is 0 Å². The lowest BCUT2D eigenvalue weighted by atomic mass is 10.1. The number of nitrogens with zero attached hydrogens (tertiary/aromatic N) is 1. The first kappa shape index (κ1) is 17.0. The summed E-state index contributed by atoms with van der Waals surface area (Å²) in [4.78, 5) is 12.5. The van der Waals surface area contributed by atoms with Gasteiger partial charge in [0.1, 0.15) is 5.82 Å². The van der Waals surface area contributed by atoms with Gasteiger partial charge in [0, 0.05) is 18.2 Å². The first-order valence-electron chi connectivity index (χ1n) is 8.33. The molecule has 0 radical (unpaired) electrons. The van der Waals surface area contributed by atoms with E-state index < -0.39 is 10.2 Å². The van der Waals surface area contributed by atoms with Crippen LogP contribution in [-0.4, -0.2) is 20.9 Å². The zero-order chi connectivity index (χ0) is 18.5. The van der Waals surface area contributed by atoms with Gasteiger partial charge in [0.05, 0.1) is 5.69 Å². The molecule has 1 aliphatic carbocycles. The van der Waals surface area contributed by atoms with E-state index in [9.17, 15) is 17.6 Å². The number of hydrogen-bond donors (Lipinski definition) is 2. The number of anilines is 2. The Kier molecular flexibility index (Phi) is 3.96. The Morgan fingerprint density at radius 2 is 2.00 bits per heavy atom. The lowest BCUT2D eigenvalue weighted by Gasteiger charge is -2.16. The molecule has 2 aromatic carbocycles. The third-order valence-electron chi connectivity index (χ3n) is 4.94. The van der Waals surface area contributed by atoms with E-state index in [2.05, 4.69) is 5.32 Å². The molecule has 26 heavy (non-hydrogen) atoms. The standard InChI is InChI=1S/C18H18FN3O3S/c19-16-4-2-1-3-13(16)14-10-15(14)18(23)21-12-6-5-11-7-8-22(17(11)9-12)26(20,24)25/h1-6,9,14-15H,7-8,10H2,(H,21,23)(H2,20,24,25). The molecule has 0 aromatic heterocycles. The molecule has 8 heteroatoms. The van der Waals surface area contributed by atoms with Crippen molar-refractivity contribution in [3.8, 4) is 0 Å². The minimum Gasteiger partial charge on any atom is -0.326 e. The molecule has 6 nitrogen and oxygen atoms in total. The quantitative estimate of drug-likeness (QED) is 0.857. The van der Waals surface area contributed by atoms with E-state index in [1.807, 2.05) is 0 Å². The van der Waals surface area contributed by atoms with Crippen molar-refractivity contribution in [1.29, 1.82) is 0 Å². The summed E-state index contributed by atoms with van der Waals surface area (Å²) in [6, 6.07) is 11.6. The first-order chi connectivity index (χ1) is 12.3. The van der Waals surface area contributed by atoms with Crippen LogP contribution in [0.2, 0.25) is 0 Å². The number of carbonyl (C=O) groups is 1.